The zero-order valence-electron chi connectivity index (χ0n) is 13.8. The second kappa shape index (κ2) is 7.54. The lowest BCUT2D eigenvalue weighted by Gasteiger charge is -2.06. The maximum absolute atomic E-state index is 12.6. The number of hydrogen-bond donors (Lipinski definition) is 3. The molecule has 0 aliphatic carbocycles. The number of oxazole rings is 1. The fourth-order valence-corrected chi connectivity index (χ4v) is 2.19. The number of halogens is 3. The summed E-state index contributed by atoms with van der Waals surface area (Å²) in [6.45, 7) is 0.577. The molecule has 0 saturated carbocycles. The third-order valence-electron chi connectivity index (χ3n) is 3.52. The van der Waals surface area contributed by atoms with Crippen LogP contribution in [0.25, 0.3) is 11.3 Å². The summed E-state index contributed by atoms with van der Waals surface area (Å²) in [5.41, 5.74) is 7.07. The first-order valence-corrected chi connectivity index (χ1v) is 7.71. The van der Waals surface area contributed by atoms with E-state index in [1.54, 1.807) is 13.2 Å². The van der Waals surface area contributed by atoms with Gasteiger partial charge in [-0.2, -0.15) is 13.2 Å². The second-order valence-electron chi connectivity index (χ2n) is 5.37. The van der Waals surface area contributed by atoms with Crippen molar-refractivity contribution in [1.82, 2.24) is 20.8 Å². The van der Waals surface area contributed by atoms with Crippen molar-refractivity contribution in [2.24, 2.45) is 0 Å². The normalized spacial score (nSPS) is 11.5. The first kappa shape index (κ1) is 17.9. The molecular formula is C17H16F3N5O. The van der Waals surface area contributed by atoms with Crippen LogP contribution in [0.1, 0.15) is 11.3 Å². The van der Waals surface area contributed by atoms with Crippen LogP contribution in [0.2, 0.25) is 0 Å². The summed E-state index contributed by atoms with van der Waals surface area (Å²) in [6.07, 6.45) is -1.28. The van der Waals surface area contributed by atoms with Crippen LogP contribution >= 0.6 is 0 Å². The Balaban J connectivity index is 1.68. The van der Waals surface area contributed by atoms with Crippen LogP contribution < -0.4 is 16.2 Å². The monoisotopic (exact) mass is 363 g/mol. The van der Waals surface area contributed by atoms with Gasteiger partial charge in [-0.15, -0.1) is 0 Å². The van der Waals surface area contributed by atoms with Crippen molar-refractivity contribution in [1.29, 1.82) is 0 Å². The van der Waals surface area contributed by atoms with Gasteiger partial charge < -0.3 is 9.73 Å². The van der Waals surface area contributed by atoms with Crippen molar-refractivity contribution >= 4 is 11.7 Å². The molecular weight excluding hydrogens is 347 g/mol. The van der Waals surface area contributed by atoms with Gasteiger partial charge in [0.05, 0.1) is 35.9 Å². The Kier molecular flexibility index (Phi) is 5.19. The van der Waals surface area contributed by atoms with Crippen molar-refractivity contribution in [3.8, 4) is 11.3 Å². The number of alkyl halides is 3. The van der Waals surface area contributed by atoms with Gasteiger partial charge in [-0.3, -0.25) is 15.8 Å². The molecule has 0 unspecified atom stereocenters. The van der Waals surface area contributed by atoms with Gasteiger partial charge in [0.2, 0.25) is 0 Å². The Morgan fingerprint density at radius 1 is 1.00 bits per heavy atom. The average Bonchev–Trinajstić information content (AvgIpc) is 3.09. The van der Waals surface area contributed by atoms with E-state index < -0.39 is 11.7 Å². The third kappa shape index (κ3) is 4.38. The van der Waals surface area contributed by atoms with Crippen LogP contribution in [0.3, 0.4) is 0 Å². The van der Waals surface area contributed by atoms with Gasteiger partial charge in [0, 0.05) is 5.56 Å². The Hall–Kier alpha value is -2.91. The summed E-state index contributed by atoms with van der Waals surface area (Å²) in [6, 6.07) is 8.59. The Labute approximate surface area is 147 Å². The average molecular weight is 363 g/mol. The summed E-state index contributed by atoms with van der Waals surface area (Å²) < 4.78 is 43.4. The lowest BCUT2D eigenvalue weighted by atomic mass is 10.1. The molecule has 3 aromatic rings. The van der Waals surface area contributed by atoms with E-state index in [0.29, 0.717) is 23.6 Å². The predicted molar refractivity (Wildman–Crippen MR) is 90.4 cm³/mol. The molecule has 0 aliphatic rings. The van der Waals surface area contributed by atoms with Crippen LogP contribution in [-0.2, 0) is 12.7 Å². The SMILES string of the molecule is CNNCc1ccc(Nc2ncc(-c3ccc(C(F)(F)F)cc3)o2)cn1. The number of hydrogen-bond acceptors (Lipinski definition) is 6. The molecule has 0 fully saturated rings. The highest BCUT2D eigenvalue weighted by Gasteiger charge is 2.30. The number of hydrazine groups is 1. The topological polar surface area (TPSA) is 75.0 Å². The smallest absolute Gasteiger partial charge is 0.416 e. The lowest BCUT2D eigenvalue weighted by Crippen LogP contribution is -2.26. The quantitative estimate of drug-likeness (QED) is 0.580. The summed E-state index contributed by atoms with van der Waals surface area (Å²) >= 11 is 0. The highest BCUT2D eigenvalue weighted by molar-refractivity contribution is 5.59. The molecule has 2 aromatic heterocycles. The highest BCUT2D eigenvalue weighted by Crippen LogP contribution is 2.31. The molecule has 0 radical (unpaired) electrons. The van der Waals surface area contributed by atoms with Crippen LogP contribution in [0, 0.1) is 0 Å². The number of pyridine rings is 1. The van der Waals surface area contributed by atoms with Crippen LogP contribution in [0.5, 0.6) is 0 Å². The molecule has 0 atom stereocenters. The number of nitrogens with zero attached hydrogens (tertiary/aromatic N) is 2. The van der Waals surface area contributed by atoms with E-state index in [1.807, 2.05) is 12.1 Å². The van der Waals surface area contributed by atoms with Crippen molar-refractivity contribution in [3.05, 3.63) is 60.0 Å². The molecule has 136 valence electrons. The Morgan fingerprint density at radius 3 is 2.38 bits per heavy atom. The predicted octanol–water partition coefficient (Wildman–Crippen LogP) is 3.72. The zero-order valence-corrected chi connectivity index (χ0v) is 13.8. The molecule has 0 saturated heterocycles. The maximum Gasteiger partial charge on any atom is 0.416 e. The minimum atomic E-state index is -4.37. The Bertz CT molecular complexity index is 844. The van der Waals surface area contributed by atoms with E-state index >= 15 is 0 Å². The fraction of sp³-hybridized carbons (Fsp3) is 0.176. The second-order valence-corrected chi connectivity index (χ2v) is 5.37. The van der Waals surface area contributed by atoms with E-state index in [1.165, 1.54) is 18.3 Å². The minimum absolute atomic E-state index is 0.225. The number of aromatic nitrogens is 2. The summed E-state index contributed by atoms with van der Waals surface area (Å²) in [5, 5.41) is 2.96. The number of nitrogens with one attached hydrogen (secondary N) is 3. The van der Waals surface area contributed by atoms with Gasteiger partial charge in [-0.1, -0.05) is 12.1 Å². The van der Waals surface area contributed by atoms with Crippen molar-refractivity contribution < 1.29 is 17.6 Å². The zero-order chi connectivity index (χ0) is 18.6. The lowest BCUT2D eigenvalue weighted by molar-refractivity contribution is -0.137. The molecule has 3 rings (SSSR count). The highest BCUT2D eigenvalue weighted by atomic mass is 19.4. The standard InChI is InChI=1S/C17H16F3N5O/c1-21-24-9-13-6-7-14(8-22-13)25-16-23-10-15(26-16)11-2-4-12(5-3-11)17(18,19)20/h2-8,10,21,24H,9H2,1H3,(H,23,25). The third-order valence-corrected chi connectivity index (χ3v) is 3.52. The maximum atomic E-state index is 12.6. The molecule has 0 spiro atoms. The molecule has 6 nitrogen and oxygen atoms in total. The van der Waals surface area contributed by atoms with Gasteiger partial charge in [0.25, 0.3) is 6.01 Å². The van der Waals surface area contributed by atoms with Gasteiger partial charge in [0.15, 0.2) is 5.76 Å². The van der Waals surface area contributed by atoms with E-state index in [4.69, 9.17) is 4.42 Å². The summed E-state index contributed by atoms with van der Waals surface area (Å²) in [5.74, 6) is 0.365. The van der Waals surface area contributed by atoms with E-state index in [9.17, 15) is 13.2 Å². The van der Waals surface area contributed by atoms with Gasteiger partial charge in [0.1, 0.15) is 0 Å². The number of benzene rings is 1. The number of rotatable bonds is 6. The summed E-state index contributed by atoms with van der Waals surface area (Å²) in [7, 11) is 1.77. The van der Waals surface area contributed by atoms with E-state index in [2.05, 4.69) is 26.1 Å². The van der Waals surface area contributed by atoms with Gasteiger partial charge in [-0.25, -0.2) is 4.98 Å². The van der Waals surface area contributed by atoms with E-state index in [0.717, 1.165) is 17.8 Å². The van der Waals surface area contributed by atoms with Gasteiger partial charge >= 0.3 is 6.18 Å². The minimum Gasteiger partial charge on any atom is -0.423 e. The van der Waals surface area contributed by atoms with Crippen molar-refractivity contribution in [3.63, 3.8) is 0 Å². The number of anilines is 2. The first-order valence-electron chi connectivity index (χ1n) is 7.71. The van der Waals surface area contributed by atoms with Crippen LogP contribution in [-0.4, -0.2) is 17.0 Å². The van der Waals surface area contributed by atoms with Crippen LogP contribution in [0.4, 0.5) is 24.9 Å². The molecule has 9 heteroatoms. The first-order chi connectivity index (χ1) is 12.5. The van der Waals surface area contributed by atoms with Crippen LogP contribution in [0.15, 0.2) is 53.2 Å². The molecule has 2 heterocycles. The largest absolute Gasteiger partial charge is 0.423 e. The van der Waals surface area contributed by atoms with Gasteiger partial charge in [-0.05, 0) is 31.3 Å². The Morgan fingerprint density at radius 2 is 1.77 bits per heavy atom. The molecule has 1 aromatic carbocycles. The van der Waals surface area contributed by atoms with E-state index in [-0.39, 0.29) is 6.01 Å². The fourth-order valence-electron chi connectivity index (χ4n) is 2.19. The molecule has 0 aliphatic heterocycles. The van der Waals surface area contributed by atoms with Crippen molar-refractivity contribution in [2.75, 3.05) is 12.4 Å². The molecule has 0 bridgehead atoms. The summed E-state index contributed by atoms with van der Waals surface area (Å²) in [4.78, 5) is 8.35. The van der Waals surface area contributed by atoms with Crippen molar-refractivity contribution in [2.45, 2.75) is 12.7 Å². The molecule has 0 amide bonds. The molecule has 3 N–H and O–H groups in total. The molecule has 26 heavy (non-hydrogen) atoms.